The van der Waals surface area contributed by atoms with E-state index in [4.69, 9.17) is 5.11 Å². The lowest BCUT2D eigenvalue weighted by Gasteiger charge is -2.38. The van der Waals surface area contributed by atoms with Crippen LogP contribution in [0.1, 0.15) is 5.56 Å². The summed E-state index contributed by atoms with van der Waals surface area (Å²) < 4.78 is 14.3. The van der Waals surface area contributed by atoms with Crippen LogP contribution in [0.2, 0.25) is 0 Å². The number of hydrogen-bond acceptors (Lipinski definition) is 4. The molecule has 4 nitrogen and oxygen atoms in total. The molecular weight excluding hydrogens is 269 g/mol. The number of aliphatic hydroxyl groups excluding tert-OH is 1. The zero-order chi connectivity index (χ0) is 14.7. The summed E-state index contributed by atoms with van der Waals surface area (Å²) in [4.78, 5) is 4.35. The van der Waals surface area contributed by atoms with Crippen molar-refractivity contribution < 1.29 is 9.50 Å². The summed E-state index contributed by atoms with van der Waals surface area (Å²) >= 11 is 0. The van der Waals surface area contributed by atoms with Crippen LogP contribution in [0, 0.1) is 5.82 Å². The second-order valence-corrected chi connectivity index (χ2v) is 5.26. The maximum absolute atomic E-state index is 14.3. The fraction of sp³-hybridized carbons (Fsp3) is 0.375. The van der Waals surface area contributed by atoms with Crippen molar-refractivity contribution in [2.24, 2.45) is 0 Å². The minimum absolute atomic E-state index is 0.261. The molecule has 3 rings (SSSR count). The van der Waals surface area contributed by atoms with Gasteiger partial charge in [-0.3, -0.25) is 0 Å². The van der Waals surface area contributed by atoms with Crippen LogP contribution in [0.3, 0.4) is 0 Å². The Hall–Kier alpha value is -2.01. The molecule has 0 bridgehead atoms. The first-order chi connectivity index (χ1) is 10.3. The van der Waals surface area contributed by atoms with Crippen molar-refractivity contribution in [1.82, 2.24) is 10.2 Å². The molecule has 2 N–H and O–H groups in total. The number of halogens is 1. The van der Waals surface area contributed by atoms with Crippen molar-refractivity contribution in [3.05, 3.63) is 53.6 Å². The van der Waals surface area contributed by atoms with E-state index in [-0.39, 0.29) is 12.4 Å². The molecule has 0 atom stereocenters. The Morgan fingerprint density at radius 2 is 1.90 bits per heavy atom. The van der Waals surface area contributed by atoms with Gasteiger partial charge in [0.15, 0.2) is 5.82 Å². The van der Waals surface area contributed by atoms with Crippen molar-refractivity contribution in [3.8, 4) is 0 Å². The summed E-state index contributed by atoms with van der Waals surface area (Å²) in [5.74, 6) is -0.299. The SMILES string of the molecule is OCc1cccc(N2CCN(C3=CNCC=C3)CC2)c1F. The monoisotopic (exact) mass is 289 g/mol. The maximum Gasteiger partial charge on any atom is 0.151 e. The average Bonchev–Trinajstić information content (AvgIpc) is 2.56. The van der Waals surface area contributed by atoms with E-state index >= 15 is 0 Å². The molecule has 0 aromatic heterocycles. The second kappa shape index (κ2) is 6.18. The van der Waals surface area contributed by atoms with Gasteiger partial charge in [-0.25, -0.2) is 4.39 Å². The van der Waals surface area contributed by atoms with Crippen molar-refractivity contribution in [3.63, 3.8) is 0 Å². The predicted molar refractivity (Wildman–Crippen MR) is 81.3 cm³/mol. The lowest BCUT2D eigenvalue weighted by molar-refractivity contribution is 0.275. The van der Waals surface area contributed by atoms with Gasteiger partial charge < -0.3 is 20.2 Å². The van der Waals surface area contributed by atoms with Gasteiger partial charge in [0.1, 0.15) is 0 Å². The van der Waals surface area contributed by atoms with Gasteiger partial charge in [0.25, 0.3) is 0 Å². The highest BCUT2D eigenvalue weighted by Gasteiger charge is 2.21. The molecular formula is C16H20FN3O. The molecule has 0 unspecified atom stereocenters. The Morgan fingerprint density at radius 1 is 1.14 bits per heavy atom. The summed E-state index contributed by atoms with van der Waals surface area (Å²) in [5.41, 5.74) is 2.13. The number of nitrogens with one attached hydrogen (secondary N) is 1. The number of hydrogen-bond donors (Lipinski definition) is 2. The van der Waals surface area contributed by atoms with E-state index in [1.54, 1.807) is 18.2 Å². The number of anilines is 1. The number of piperazine rings is 1. The molecule has 0 aliphatic carbocycles. The van der Waals surface area contributed by atoms with Gasteiger partial charge in [-0.05, 0) is 12.1 Å². The van der Waals surface area contributed by atoms with Crippen LogP contribution < -0.4 is 10.2 Å². The Kier molecular flexibility index (Phi) is 4.10. The molecule has 21 heavy (non-hydrogen) atoms. The van der Waals surface area contributed by atoms with Crippen molar-refractivity contribution >= 4 is 5.69 Å². The van der Waals surface area contributed by atoms with E-state index in [0.29, 0.717) is 11.3 Å². The molecule has 1 aromatic carbocycles. The predicted octanol–water partition coefficient (Wildman–Crippen LogP) is 1.44. The molecule has 0 spiro atoms. The molecule has 1 fully saturated rings. The van der Waals surface area contributed by atoms with Gasteiger partial charge in [0, 0.05) is 44.5 Å². The highest BCUT2D eigenvalue weighted by atomic mass is 19.1. The summed E-state index contributed by atoms with van der Waals surface area (Å²) in [6.45, 7) is 3.89. The van der Waals surface area contributed by atoms with Crippen molar-refractivity contribution in [2.75, 3.05) is 37.6 Å². The molecule has 2 aliphatic heterocycles. The van der Waals surface area contributed by atoms with Crippen molar-refractivity contribution in [1.29, 1.82) is 0 Å². The topological polar surface area (TPSA) is 38.7 Å². The third-order valence-electron chi connectivity index (χ3n) is 3.99. The van der Waals surface area contributed by atoms with E-state index in [0.717, 1.165) is 32.7 Å². The van der Waals surface area contributed by atoms with E-state index in [1.807, 2.05) is 11.1 Å². The van der Waals surface area contributed by atoms with Crippen LogP contribution in [-0.2, 0) is 6.61 Å². The van der Waals surface area contributed by atoms with Gasteiger partial charge in [-0.1, -0.05) is 18.2 Å². The Bertz CT molecular complexity index is 563. The first-order valence-corrected chi connectivity index (χ1v) is 7.28. The molecule has 0 radical (unpaired) electrons. The number of nitrogens with zero attached hydrogens (tertiary/aromatic N) is 2. The van der Waals surface area contributed by atoms with Crippen molar-refractivity contribution in [2.45, 2.75) is 6.61 Å². The lowest BCUT2D eigenvalue weighted by atomic mass is 10.1. The summed E-state index contributed by atoms with van der Waals surface area (Å²) in [6.07, 6.45) is 6.26. The summed E-state index contributed by atoms with van der Waals surface area (Å²) in [7, 11) is 0. The molecule has 1 saturated heterocycles. The van der Waals surface area contributed by atoms with Crippen LogP contribution in [0.25, 0.3) is 0 Å². The summed E-state index contributed by atoms with van der Waals surface area (Å²) in [6, 6.07) is 5.20. The number of aliphatic hydroxyl groups is 1. The van der Waals surface area contributed by atoms with Gasteiger partial charge in [-0.2, -0.15) is 0 Å². The first kappa shape index (κ1) is 13.9. The zero-order valence-electron chi connectivity index (χ0n) is 11.9. The Balaban J connectivity index is 1.68. The Labute approximate surface area is 124 Å². The average molecular weight is 289 g/mol. The van der Waals surface area contributed by atoms with Crippen LogP contribution in [0.5, 0.6) is 0 Å². The fourth-order valence-corrected chi connectivity index (χ4v) is 2.79. The van der Waals surface area contributed by atoms with Gasteiger partial charge in [0.05, 0.1) is 18.0 Å². The van der Waals surface area contributed by atoms with Crippen LogP contribution in [0.15, 0.2) is 42.2 Å². The third kappa shape index (κ3) is 2.88. The lowest BCUT2D eigenvalue weighted by Crippen LogP contribution is -2.46. The summed E-state index contributed by atoms with van der Waals surface area (Å²) in [5, 5.41) is 12.4. The van der Waals surface area contributed by atoms with Gasteiger partial charge in [0.2, 0.25) is 0 Å². The second-order valence-electron chi connectivity index (χ2n) is 5.26. The van der Waals surface area contributed by atoms with E-state index in [1.165, 1.54) is 5.70 Å². The Morgan fingerprint density at radius 3 is 2.57 bits per heavy atom. The highest BCUT2D eigenvalue weighted by molar-refractivity contribution is 5.51. The molecule has 5 heteroatoms. The molecule has 2 aliphatic rings. The minimum atomic E-state index is -0.299. The normalized spacial score (nSPS) is 18.5. The van der Waals surface area contributed by atoms with Crippen LogP contribution in [0.4, 0.5) is 10.1 Å². The molecule has 2 heterocycles. The van der Waals surface area contributed by atoms with E-state index in [2.05, 4.69) is 22.4 Å². The molecule has 112 valence electrons. The van der Waals surface area contributed by atoms with Gasteiger partial charge >= 0.3 is 0 Å². The van der Waals surface area contributed by atoms with E-state index in [9.17, 15) is 4.39 Å². The zero-order valence-corrected chi connectivity index (χ0v) is 11.9. The smallest absolute Gasteiger partial charge is 0.151 e. The van der Waals surface area contributed by atoms with Crippen LogP contribution in [-0.4, -0.2) is 42.7 Å². The number of allylic oxidation sites excluding steroid dienone is 1. The molecule has 1 aromatic rings. The number of benzene rings is 1. The maximum atomic E-state index is 14.3. The largest absolute Gasteiger partial charge is 0.392 e. The molecule has 0 saturated carbocycles. The highest BCUT2D eigenvalue weighted by Crippen LogP contribution is 2.24. The first-order valence-electron chi connectivity index (χ1n) is 7.28. The minimum Gasteiger partial charge on any atom is -0.392 e. The fourth-order valence-electron chi connectivity index (χ4n) is 2.79. The number of rotatable bonds is 3. The molecule has 0 amide bonds. The number of dihydropyridines is 1. The van der Waals surface area contributed by atoms with Crippen LogP contribution >= 0.6 is 0 Å². The quantitative estimate of drug-likeness (QED) is 0.883. The van der Waals surface area contributed by atoms with E-state index < -0.39 is 0 Å². The van der Waals surface area contributed by atoms with Gasteiger partial charge in [-0.15, -0.1) is 0 Å². The third-order valence-corrected chi connectivity index (χ3v) is 3.99. The standard InChI is InChI=1S/C16H20FN3O/c17-16-13(12-21)3-1-5-15(16)20-9-7-19(8-10-20)14-4-2-6-18-11-14/h1-5,11,18,21H,6-10,12H2.